The molecule has 4 nitrogen and oxygen atoms in total. The molecule has 0 bridgehead atoms. The minimum Gasteiger partial charge on any atom is -0.273 e. The molecule has 0 spiro atoms. The highest BCUT2D eigenvalue weighted by Crippen LogP contribution is 2.29. The van der Waals surface area contributed by atoms with Crippen molar-refractivity contribution in [2.75, 3.05) is 4.31 Å². The molecule has 0 fully saturated rings. The molecule has 2 rings (SSSR count). The molecule has 0 aliphatic rings. The molecule has 0 heterocycles. The number of carbonyl (C=O) groups excluding carboxylic acids is 1. The maximum atomic E-state index is 13.1. The van der Waals surface area contributed by atoms with Crippen LogP contribution in [0.5, 0.6) is 0 Å². The van der Waals surface area contributed by atoms with E-state index in [-0.39, 0.29) is 4.90 Å². The summed E-state index contributed by atoms with van der Waals surface area (Å²) >= 11 is 0. The molecule has 1 amide bonds. The van der Waals surface area contributed by atoms with Crippen molar-refractivity contribution in [2.45, 2.75) is 39.5 Å². The van der Waals surface area contributed by atoms with Crippen molar-refractivity contribution in [3.8, 4) is 0 Å². The van der Waals surface area contributed by atoms with E-state index in [9.17, 15) is 13.2 Å². The molecule has 128 valence electrons. The topological polar surface area (TPSA) is 54.5 Å². The van der Waals surface area contributed by atoms with Crippen molar-refractivity contribution in [3.63, 3.8) is 0 Å². The maximum absolute atomic E-state index is 13.1. The molecule has 0 aliphatic heterocycles. The van der Waals surface area contributed by atoms with Gasteiger partial charge in [0, 0.05) is 5.41 Å². The molecule has 2 aromatic rings. The van der Waals surface area contributed by atoms with Crippen LogP contribution in [0.1, 0.15) is 31.9 Å². The monoisotopic (exact) mass is 345 g/mol. The molecule has 5 heteroatoms. The summed E-state index contributed by atoms with van der Waals surface area (Å²) in [5.74, 6) is -0.466. The lowest BCUT2D eigenvalue weighted by molar-refractivity contribution is -0.124. The SMILES string of the molecule is Cc1ccc(N(C(=O)C(C)(C)C)S(=O)(=O)c2ccc(C)cc2)cc1. The van der Waals surface area contributed by atoms with E-state index in [1.54, 1.807) is 57.2 Å². The second kappa shape index (κ2) is 6.40. The first kappa shape index (κ1) is 18.2. The third-order valence-electron chi connectivity index (χ3n) is 3.65. The Bertz CT molecular complexity index is 830. The van der Waals surface area contributed by atoms with Gasteiger partial charge >= 0.3 is 0 Å². The van der Waals surface area contributed by atoms with Crippen LogP contribution < -0.4 is 4.31 Å². The summed E-state index contributed by atoms with van der Waals surface area (Å²) in [5.41, 5.74) is 1.47. The van der Waals surface area contributed by atoms with Gasteiger partial charge in [0.1, 0.15) is 0 Å². The number of carbonyl (C=O) groups is 1. The van der Waals surface area contributed by atoms with E-state index in [1.807, 2.05) is 13.8 Å². The maximum Gasteiger partial charge on any atom is 0.270 e. The second-order valence-electron chi connectivity index (χ2n) is 6.97. The van der Waals surface area contributed by atoms with Crippen molar-refractivity contribution >= 4 is 21.6 Å². The number of aryl methyl sites for hydroxylation is 2. The largest absolute Gasteiger partial charge is 0.273 e. The number of anilines is 1. The number of benzene rings is 2. The second-order valence-corrected chi connectivity index (χ2v) is 8.76. The third kappa shape index (κ3) is 3.67. The van der Waals surface area contributed by atoms with Crippen molar-refractivity contribution in [1.82, 2.24) is 0 Å². The highest BCUT2D eigenvalue weighted by Gasteiger charge is 2.37. The van der Waals surface area contributed by atoms with Crippen LogP contribution in [0.15, 0.2) is 53.4 Å². The van der Waals surface area contributed by atoms with Crippen LogP contribution >= 0.6 is 0 Å². The fourth-order valence-corrected chi connectivity index (χ4v) is 3.75. The fourth-order valence-electron chi connectivity index (χ4n) is 2.17. The van der Waals surface area contributed by atoms with E-state index in [0.29, 0.717) is 5.69 Å². The van der Waals surface area contributed by atoms with E-state index in [0.717, 1.165) is 15.4 Å². The highest BCUT2D eigenvalue weighted by atomic mass is 32.2. The summed E-state index contributed by atoms with van der Waals surface area (Å²) in [7, 11) is -3.98. The molecule has 0 aromatic heterocycles. The zero-order valence-electron chi connectivity index (χ0n) is 14.7. The van der Waals surface area contributed by atoms with Crippen LogP contribution in [0.3, 0.4) is 0 Å². The third-order valence-corrected chi connectivity index (χ3v) is 5.38. The van der Waals surface area contributed by atoms with Gasteiger partial charge in [-0.3, -0.25) is 4.79 Å². The van der Waals surface area contributed by atoms with E-state index in [2.05, 4.69) is 0 Å². The van der Waals surface area contributed by atoms with Gasteiger partial charge in [-0.1, -0.05) is 56.2 Å². The lowest BCUT2D eigenvalue weighted by atomic mass is 9.95. The van der Waals surface area contributed by atoms with Crippen LogP contribution in [-0.2, 0) is 14.8 Å². The normalized spacial score (nSPS) is 12.0. The number of nitrogens with zero attached hydrogens (tertiary/aromatic N) is 1. The van der Waals surface area contributed by atoms with Gasteiger partial charge in [0.15, 0.2) is 0 Å². The first-order valence-corrected chi connectivity index (χ1v) is 9.20. The lowest BCUT2D eigenvalue weighted by Gasteiger charge is -2.29. The van der Waals surface area contributed by atoms with Crippen molar-refractivity contribution < 1.29 is 13.2 Å². The van der Waals surface area contributed by atoms with Crippen molar-refractivity contribution in [3.05, 3.63) is 59.7 Å². The van der Waals surface area contributed by atoms with Gasteiger partial charge in [-0.15, -0.1) is 0 Å². The summed E-state index contributed by atoms with van der Waals surface area (Å²) in [5, 5.41) is 0. The number of amides is 1. The quantitative estimate of drug-likeness (QED) is 0.842. The molecule has 2 aromatic carbocycles. The smallest absolute Gasteiger partial charge is 0.270 e. The Hall–Kier alpha value is -2.14. The Labute approximate surface area is 144 Å². The summed E-state index contributed by atoms with van der Waals surface area (Å²) in [4.78, 5) is 13.0. The number of hydrogen-bond donors (Lipinski definition) is 0. The highest BCUT2D eigenvalue weighted by molar-refractivity contribution is 7.93. The number of sulfonamides is 1. The van der Waals surface area contributed by atoms with Gasteiger partial charge in [0.2, 0.25) is 5.91 Å². The predicted octanol–water partition coefficient (Wildman–Crippen LogP) is 4.07. The Morgan fingerprint density at radius 2 is 1.25 bits per heavy atom. The molecule has 0 saturated heterocycles. The molecule has 24 heavy (non-hydrogen) atoms. The summed E-state index contributed by atoms with van der Waals surface area (Å²) in [6, 6.07) is 13.4. The molecule has 0 aliphatic carbocycles. The Balaban J connectivity index is 2.63. The Morgan fingerprint density at radius 1 is 0.833 bits per heavy atom. The van der Waals surface area contributed by atoms with E-state index < -0.39 is 21.3 Å². The molecule has 0 N–H and O–H groups in total. The Morgan fingerprint density at radius 3 is 1.67 bits per heavy atom. The van der Waals surface area contributed by atoms with Crippen LogP contribution in [0.4, 0.5) is 5.69 Å². The zero-order chi connectivity index (χ0) is 18.1. The standard InChI is InChI=1S/C19H23NO3S/c1-14-6-10-16(11-7-14)20(18(21)19(3,4)5)24(22,23)17-12-8-15(2)9-13-17/h6-13H,1-5H3. The van der Waals surface area contributed by atoms with Crippen LogP contribution in [-0.4, -0.2) is 14.3 Å². The molecule has 0 saturated carbocycles. The lowest BCUT2D eigenvalue weighted by Crippen LogP contribution is -2.43. The summed E-state index contributed by atoms with van der Waals surface area (Å²) < 4.78 is 27.2. The molecule has 0 radical (unpaired) electrons. The average Bonchev–Trinajstić information content (AvgIpc) is 2.48. The first-order chi connectivity index (χ1) is 11.0. The van der Waals surface area contributed by atoms with Gasteiger partial charge in [-0.25, -0.2) is 12.7 Å². The summed E-state index contributed by atoms with van der Waals surface area (Å²) in [6.07, 6.45) is 0. The van der Waals surface area contributed by atoms with Crippen LogP contribution in [0.25, 0.3) is 0 Å². The zero-order valence-corrected chi connectivity index (χ0v) is 15.5. The van der Waals surface area contributed by atoms with Crippen LogP contribution in [0, 0.1) is 19.3 Å². The molecular formula is C19H23NO3S. The minimum atomic E-state index is -3.98. The molecular weight excluding hydrogens is 322 g/mol. The van der Waals surface area contributed by atoms with E-state index >= 15 is 0 Å². The molecule has 0 atom stereocenters. The summed E-state index contributed by atoms with van der Waals surface area (Å²) in [6.45, 7) is 8.92. The van der Waals surface area contributed by atoms with Gasteiger partial charge in [-0.05, 0) is 38.1 Å². The Kier molecular flexibility index (Phi) is 4.85. The number of rotatable bonds is 3. The average molecular weight is 345 g/mol. The molecule has 0 unspecified atom stereocenters. The predicted molar refractivity (Wildman–Crippen MR) is 96.5 cm³/mol. The van der Waals surface area contributed by atoms with Gasteiger partial charge in [0.25, 0.3) is 10.0 Å². The van der Waals surface area contributed by atoms with Crippen molar-refractivity contribution in [1.29, 1.82) is 0 Å². The van der Waals surface area contributed by atoms with Crippen LogP contribution in [0.2, 0.25) is 0 Å². The van der Waals surface area contributed by atoms with E-state index in [1.165, 1.54) is 12.1 Å². The van der Waals surface area contributed by atoms with Gasteiger partial charge in [-0.2, -0.15) is 0 Å². The van der Waals surface area contributed by atoms with Gasteiger partial charge in [0.05, 0.1) is 10.6 Å². The minimum absolute atomic E-state index is 0.103. The first-order valence-electron chi connectivity index (χ1n) is 7.76. The van der Waals surface area contributed by atoms with Gasteiger partial charge < -0.3 is 0 Å². The fraction of sp³-hybridized carbons (Fsp3) is 0.316. The van der Waals surface area contributed by atoms with Crippen molar-refractivity contribution in [2.24, 2.45) is 5.41 Å². The van der Waals surface area contributed by atoms with E-state index in [4.69, 9.17) is 0 Å². The number of hydrogen-bond acceptors (Lipinski definition) is 3.